The number of phosphoric ester groups is 1. The molecule has 0 aromatic heterocycles. The average molecular weight is 786 g/mol. The van der Waals surface area contributed by atoms with Crippen LogP contribution in [0.4, 0.5) is 0 Å². The van der Waals surface area contributed by atoms with Crippen LogP contribution in [-0.4, -0.2) is 54.3 Å². The molecule has 9 nitrogen and oxygen atoms in total. The Morgan fingerprint density at radius 3 is 1.56 bits per heavy atom. The van der Waals surface area contributed by atoms with E-state index in [2.05, 4.69) is 43.5 Å². The summed E-state index contributed by atoms with van der Waals surface area (Å²) in [7, 11) is -4.42. The Morgan fingerprint density at radius 1 is 0.574 bits per heavy atom. The Hall–Kier alpha value is -1.51. The minimum Gasteiger partial charge on any atom is -0.463 e. The van der Waals surface area contributed by atoms with E-state index in [9.17, 15) is 24.2 Å². The van der Waals surface area contributed by atoms with E-state index in [-0.39, 0.29) is 32.1 Å². The number of unbranched alkanes of at least 4 members (excludes halogenated alkanes) is 25. The molecule has 0 saturated heterocycles. The lowest BCUT2D eigenvalue weighted by atomic mass is 10.0. The fourth-order valence-electron chi connectivity index (χ4n) is 6.24. The van der Waals surface area contributed by atoms with Crippen molar-refractivity contribution in [2.75, 3.05) is 26.4 Å². The second-order valence-electron chi connectivity index (χ2n) is 15.0. The number of ether oxygens (including phenoxy) is 1. The number of rotatable bonds is 42. The molecule has 0 aromatic rings. The number of hydrogen-bond acceptors (Lipinski definition) is 7. The summed E-state index contributed by atoms with van der Waals surface area (Å²) in [6, 6.07) is 0. The van der Waals surface area contributed by atoms with Crippen LogP contribution in [0.1, 0.15) is 213 Å². The second-order valence-corrected chi connectivity index (χ2v) is 16.5. The van der Waals surface area contributed by atoms with Gasteiger partial charge in [-0.2, -0.15) is 0 Å². The molecule has 0 fully saturated rings. The maximum Gasteiger partial charge on any atom is 0.472 e. The molecule has 0 aliphatic carbocycles. The van der Waals surface area contributed by atoms with Crippen LogP contribution in [0.3, 0.4) is 0 Å². The van der Waals surface area contributed by atoms with Crippen molar-refractivity contribution in [2.24, 2.45) is 0 Å². The van der Waals surface area contributed by atoms with Gasteiger partial charge in [-0.15, -0.1) is 0 Å². The molecule has 318 valence electrons. The number of hydrogen-bond donors (Lipinski definition) is 3. The molecule has 3 N–H and O–H groups in total. The normalized spacial score (nSPS) is 13.5. The van der Waals surface area contributed by atoms with Gasteiger partial charge in [0.2, 0.25) is 5.91 Å². The molecule has 0 heterocycles. The minimum atomic E-state index is -4.42. The molecule has 0 rings (SSSR count). The van der Waals surface area contributed by atoms with Crippen molar-refractivity contribution in [1.29, 1.82) is 0 Å². The van der Waals surface area contributed by atoms with Crippen LogP contribution < -0.4 is 5.32 Å². The number of carbonyl (C=O) groups excluding carboxylic acids is 2. The van der Waals surface area contributed by atoms with Crippen LogP contribution in [0.5, 0.6) is 0 Å². The molecule has 0 saturated carbocycles. The molecule has 0 radical (unpaired) electrons. The number of aliphatic hydroxyl groups excluding tert-OH is 1. The van der Waals surface area contributed by atoms with Crippen molar-refractivity contribution in [1.82, 2.24) is 5.32 Å². The lowest BCUT2D eigenvalue weighted by Crippen LogP contribution is -2.27. The van der Waals surface area contributed by atoms with E-state index in [0.717, 1.165) is 70.6 Å². The fraction of sp³-hybridized carbons (Fsp3) is 0.864. The average Bonchev–Trinajstić information content (AvgIpc) is 3.16. The van der Waals surface area contributed by atoms with E-state index in [0.29, 0.717) is 6.42 Å². The van der Waals surface area contributed by atoms with Gasteiger partial charge in [-0.1, -0.05) is 186 Å². The van der Waals surface area contributed by atoms with Crippen molar-refractivity contribution in [2.45, 2.75) is 219 Å². The predicted molar refractivity (Wildman–Crippen MR) is 224 cm³/mol. The van der Waals surface area contributed by atoms with E-state index in [1.807, 2.05) is 0 Å². The van der Waals surface area contributed by atoms with E-state index >= 15 is 0 Å². The van der Waals surface area contributed by atoms with Crippen molar-refractivity contribution in [3.05, 3.63) is 24.3 Å². The van der Waals surface area contributed by atoms with Gasteiger partial charge in [-0.3, -0.25) is 18.6 Å². The maximum atomic E-state index is 12.1. The number of allylic oxidation sites excluding steroid dienone is 4. The second kappa shape index (κ2) is 41.1. The minimum absolute atomic E-state index is 0.0758. The molecule has 0 aliphatic heterocycles. The SMILES string of the molecule is CCC/C=C\C/C=C\CCCCCCCC(=O)NCCOP(=O)(O)OCC(O)COC(=O)CCCCCCCCCCCCCCCCCCCCCC. The van der Waals surface area contributed by atoms with Crippen molar-refractivity contribution in [3.8, 4) is 0 Å². The summed E-state index contributed by atoms with van der Waals surface area (Å²) < 4.78 is 26.9. The third kappa shape index (κ3) is 41.6. The monoisotopic (exact) mass is 786 g/mol. The van der Waals surface area contributed by atoms with Crippen LogP contribution >= 0.6 is 7.82 Å². The number of esters is 1. The Labute approximate surface area is 331 Å². The zero-order chi connectivity index (χ0) is 39.6. The van der Waals surface area contributed by atoms with E-state index in [1.54, 1.807) is 0 Å². The Morgan fingerprint density at radius 2 is 1.04 bits per heavy atom. The van der Waals surface area contributed by atoms with E-state index in [4.69, 9.17) is 13.8 Å². The van der Waals surface area contributed by atoms with Gasteiger partial charge >= 0.3 is 13.8 Å². The quantitative estimate of drug-likeness (QED) is 0.0241. The number of nitrogens with one attached hydrogen (secondary N) is 1. The van der Waals surface area contributed by atoms with Crippen LogP contribution in [0.15, 0.2) is 24.3 Å². The highest BCUT2D eigenvalue weighted by molar-refractivity contribution is 7.47. The summed E-state index contributed by atoms with van der Waals surface area (Å²) in [5.41, 5.74) is 0. The van der Waals surface area contributed by atoms with Crippen LogP contribution in [0.2, 0.25) is 0 Å². The smallest absolute Gasteiger partial charge is 0.463 e. The Balaban J connectivity index is 3.56. The summed E-state index contributed by atoms with van der Waals surface area (Å²) in [6.07, 6.45) is 44.0. The van der Waals surface area contributed by atoms with Gasteiger partial charge in [-0.05, 0) is 38.5 Å². The fourth-order valence-corrected chi connectivity index (χ4v) is 7.00. The van der Waals surface area contributed by atoms with Gasteiger partial charge in [0.15, 0.2) is 0 Å². The lowest BCUT2D eigenvalue weighted by Gasteiger charge is -2.15. The summed E-state index contributed by atoms with van der Waals surface area (Å²) in [5.74, 6) is -0.524. The predicted octanol–water partition coefficient (Wildman–Crippen LogP) is 12.4. The highest BCUT2D eigenvalue weighted by Crippen LogP contribution is 2.42. The van der Waals surface area contributed by atoms with Crippen LogP contribution in [0.25, 0.3) is 0 Å². The largest absolute Gasteiger partial charge is 0.472 e. The maximum absolute atomic E-state index is 12.1. The third-order valence-corrected chi connectivity index (χ3v) is 10.6. The first kappa shape index (κ1) is 52.5. The molecular formula is C44H84NO8P. The standard InChI is InChI=1S/C44H84NO8P/c1-3-5-7-9-11-13-15-17-18-19-20-21-22-23-25-27-29-31-33-35-37-44(48)51-40-42(46)41-53-54(49,50)52-39-38-45-43(47)36-34-32-30-28-26-24-16-14-12-10-8-6-4-2/h8,10,14,16,42,46H,3-7,9,11-13,15,17-41H2,1-2H3,(H,45,47)(H,49,50)/b10-8-,16-14-. The molecule has 10 heteroatoms. The summed E-state index contributed by atoms with van der Waals surface area (Å²) >= 11 is 0. The van der Waals surface area contributed by atoms with Crippen LogP contribution in [0, 0.1) is 0 Å². The third-order valence-electron chi connectivity index (χ3n) is 9.62. The summed E-state index contributed by atoms with van der Waals surface area (Å²) in [6.45, 7) is 3.50. The van der Waals surface area contributed by atoms with Crippen molar-refractivity contribution >= 4 is 19.7 Å². The highest BCUT2D eigenvalue weighted by Gasteiger charge is 2.23. The zero-order valence-corrected chi connectivity index (χ0v) is 35.8. The van der Waals surface area contributed by atoms with Gasteiger partial charge < -0.3 is 20.1 Å². The molecule has 0 bridgehead atoms. The molecular weight excluding hydrogens is 701 g/mol. The van der Waals surface area contributed by atoms with Crippen LogP contribution in [-0.2, 0) is 27.9 Å². The molecule has 0 aliphatic rings. The Kier molecular flexibility index (Phi) is 40.0. The number of amides is 1. The van der Waals surface area contributed by atoms with Gasteiger partial charge in [0, 0.05) is 19.4 Å². The van der Waals surface area contributed by atoms with Gasteiger partial charge in [-0.25, -0.2) is 4.57 Å². The first-order valence-corrected chi connectivity index (χ1v) is 23.8. The number of carbonyl (C=O) groups is 2. The van der Waals surface area contributed by atoms with Crippen molar-refractivity contribution < 1.29 is 37.9 Å². The molecule has 54 heavy (non-hydrogen) atoms. The summed E-state index contributed by atoms with van der Waals surface area (Å²) in [4.78, 5) is 33.9. The molecule has 1 amide bonds. The lowest BCUT2D eigenvalue weighted by molar-refractivity contribution is -0.147. The molecule has 0 spiro atoms. The zero-order valence-electron chi connectivity index (χ0n) is 34.9. The van der Waals surface area contributed by atoms with E-state index < -0.39 is 26.5 Å². The molecule has 2 unspecified atom stereocenters. The van der Waals surface area contributed by atoms with Crippen molar-refractivity contribution in [3.63, 3.8) is 0 Å². The summed E-state index contributed by atoms with van der Waals surface area (Å²) in [5, 5.41) is 12.7. The van der Waals surface area contributed by atoms with Gasteiger partial charge in [0.25, 0.3) is 0 Å². The first-order valence-electron chi connectivity index (χ1n) is 22.3. The first-order chi connectivity index (χ1) is 26.3. The van der Waals surface area contributed by atoms with Gasteiger partial charge in [0.1, 0.15) is 12.7 Å². The highest BCUT2D eigenvalue weighted by atomic mass is 31.2. The molecule has 2 atom stereocenters. The van der Waals surface area contributed by atoms with Gasteiger partial charge in [0.05, 0.1) is 13.2 Å². The molecule has 0 aromatic carbocycles. The number of aliphatic hydroxyl groups is 1. The Bertz CT molecular complexity index is 944. The van der Waals surface area contributed by atoms with E-state index in [1.165, 1.54) is 116 Å². The number of phosphoric acid groups is 1. The topological polar surface area (TPSA) is 131 Å².